The number of hydrogen-bond acceptors (Lipinski definition) is 2. The van der Waals surface area contributed by atoms with E-state index >= 15 is 0 Å². The molecule has 14 heteroatoms. The Morgan fingerprint density at radius 3 is 1.77 bits per heavy atom. The summed E-state index contributed by atoms with van der Waals surface area (Å²) in [5.41, 5.74) is -3.74. The summed E-state index contributed by atoms with van der Waals surface area (Å²) in [6, 6.07) is 0. The van der Waals surface area contributed by atoms with Gasteiger partial charge in [-0.25, -0.2) is 4.79 Å². The Hall–Kier alpha value is -1.63. The molecule has 2 saturated carbocycles. The van der Waals surface area contributed by atoms with E-state index in [9.17, 15) is 57.5 Å². The van der Waals surface area contributed by atoms with E-state index in [1.54, 1.807) is 0 Å². The van der Waals surface area contributed by atoms with E-state index in [0.29, 0.717) is 0 Å². The van der Waals surface area contributed by atoms with Crippen LogP contribution in [0.5, 0.6) is 0 Å². The minimum atomic E-state index is -7.02. The monoisotopic (exact) mass is 466 g/mol. The van der Waals surface area contributed by atoms with Gasteiger partial charge in [-0.3, -0.25) is 0 Å². The summed E-state index contributed by atoms with van der Waals surface area (Å²) in [4.78, 5) is 11.6. The third-order valence-electron chi connectivity index (χ3n) is 5.77. The summed E-state index contributed by atoms with van der Waals surface area (Å²) in [5.74, 6) is -27.0. The Bertz CT molecular complexity index is 723. The van der Waals surface area contributed by atoms with Gasteiger partial charge in [-0.05, 0) is 38.0 Å². The van der Waals surface area contributed by atoms with Crippen LogP contribution in [0.15, 0.2) is 12.2 Å². The number of esters is 1. The second-order valence-corrected chi connectivity index (χ2v) is 7.69. The number of hydrogen-bond donors (Lipinski definition) is 0. The lowest BCUT2D eigenvalue weighted by Crippen LogP contribution is -2.64. The second kappa shape index (κ2) is 6.68. The molecule has 0 amide bonds. The van der Waals surface area contributed by atoms with Crippen LogP contribution in [0.25, 0.3) is 0 Å². The maximum Gasteiger partial charge on any atom is 0.460 e. The van der Waals surface area contributed by atoms with Gasteiger partial charge in [0.1, 0.15) is 11.2 Å². The van der Waals surface area contributed by atoms with Gasteiger partial charge in [-0.1, -0.05) is 6.58 Å². The number of carbonyl (C=O) groups excluding carboxylic acids is 1. The van der Waals surface area contributed by atoms with Crippen LogP contribution >= 0.6 is 0 Å². The Balaban J connectivity index is 2.22. The average molecular weight is 466 g/mol. The van der Waals surface area contributed by atoms with Crippen LogP contribution in [0, 0.1) is 17.8 Å². The molecule has 0 aromatic heterocycles. The Labute approximate surface area is 161 Å². The van der Waals surface area contributed by atoms with Crippen molar-refractivity contribution in [2.45, 2.75) is 61.9 Å². The smallest absolute Gasteiger partial charge is 0.455 e. The van der Waals surface area contributed by atoms with Gasteiger partial charge in [0.05, 0.1) is 0 Å². The van der Waals surface area contributed by atoms with Gasteiger partial charge in [0.25, 0.3) is 0 Å². The molecule has 0 aromatic rings. The fourth-order valence-corrected chi connectivity index (χ4v) is 4.11. The molecule has 4 atom stereocenters. The van der Waals surface area contributed by atoms with Crippen molar-refractivity contribution in [1.82, 2.24) is 0 Å². The van der Waals surface area contributed by atoms with Gasteiger partial charge >= 0.3 is 36.1 Å². The van der Waals surface area contributed by atoms with E-state index in [4.69, 9.17) is 0 Å². The van der Waals surface area contributed by atoms with E-state index < -0.39 is 84.3 Å². The summed E-state index contributed by atoms with van der Waals surface area (Å²) in [6.45, 7) is 3.53. The molecule has 2 fully saturated rings. The summed E-state index contributed by atoms with van der Waals surface area (Å²) in [6.07, 6.45) is -14.3. The zero-order valence-electron chi connectivity index (χ0n) is 14.9. The predicted molar refractivity (Wildman–Crippen MR) is 74.9 cm³/mol. The minimum absolute atomic E-state index is 0.434. The lowest BCUT2D eigenvalue weighted by atomic mass is 9.75. The fourth-order valence-electron chi connectivity index (χ4n) is 4.11. The normalized spacial score (nSPS) is 30.5. The van der Waals surface area contributed by atoms with E-state index in [1.165, 1.54) is 0 Å². The van der Waals surface area contributed by atoms with Crippen LogP contribution in [0.4, 0.5) is 52.7 Å². The highest BCUT2D eigenvalue weighted by Gasteiger charge is 2.84. The van der Waals surface area contributed by atoms with Crippen molar-refractivity contribution < 1.29 is 62.2 Å². The summed E-state index contributed by atoms with van der Waals surface area (Å²) >= 11 is 0. The van der Waals surface area contributed by atoms with Crippen molar-refractivity contribution in [2.24, 2.45) is 17.8 Å². The first kappa shape index (κ1) is 24.6. The van der Waals surface area contributed by atoms with Crippen molar-refractivity contribution in [3.05, 3.63) is 12.2 Å². The van der Waals surface area contributed by atoms with Gasteiger partial charge in [-0.2, -0.15) is 52.7 Å². The summed E-state index contributed by atoms with van der Waals surface area (Å²) in [5, 5.41) is 0. The maximum absolute atomic E-state index is 14.2. The zero-order valence-corrected chi connectivity index (χ0v) is 14.9. The second-order valence-electron chi connectivity index (χ2n) is 7.69. The molecule has 0 aromatic carbocycles. The summed E-state index contributed by atoms with van der Waals surface area (Å²) in [7, 11) is 0. The van der Waals surface area contributed by atoms with Crippen molar-refractivity contribution in [3.8, 4) is 0 Å². The molecule has 4 unspecified atom stereocenters. The molecule has 0 heterocycles. The van der Waals surface area contributed by atoms with Crippen LogP contribution in [0.2, 0.25) is 0 Å². The highest BCUT2D eigenvalue weighted by atomic mass is 19.4. The van der Waals surface area contributed by atoms with Gasteiger partial charge in [0, 0.05) is 5.92 Å². The van der Waals surface area contributed by atoms with Crippen LogP contribution in [0.3, 0.4) is 0 Å². The first-order valence-electron chi connectivity index (χ1n) is 8.29. The van der Waals surface area contributed by atoms with Crippen molar-refractivity contribution in [1.29, 1.82) is 0 Å². The highest BCUT2D eigenvalue weighted by Crippen LogP contribution is 2.64. The lowest BCUT2D eigenvalue weighted by molar-refractivity contribution is -0.405. The highest BCUT2D eigenvalue weighted by molar-refractivity contribution is 5.89. The molecular formula is C16H14F12O2. The Morgan fingerprint density at radius 2 is 1.40 bits per heavy atom. The minimum Gasteiger partial charge on any atom is -0.455 e. The quantitative estimate of drug-likeness (QED) is 0.286. The number of fused-ring (bicyclic) bond motifs is 2. The van der Waals surface area contributed by atoms with E-state index in [0.717, 1.165) is 6.92 Å². The number of carbonyl (C=O) groups is 1. The third-order valence-corrected chi connectivity index (χ3v) is 5.77. The van der Waals surface area contributed by atoms with Crippen LogP contribution in [-0.4, -0.2) is 41.7 Å². The molecule has 0 radical (unpaired) electrons. The number of ether oxygens (including phenoxy) is 1. The molecule has 0 N–H and O–H groups in total. The van der Waals surface area contributed by atoms with E-state index in [-0.39, 0.29) is 0 Å². The first-order chi connectivity index (χ1) is 13.1. The van der Waals surface area contributed by atoms with Crippen LogP contribution < -0.4 is 0 Å². The summed E-state index contributed by atoms with van der Waals surface area (Å²) < 4.78 is 161. The molecular weight excluding hydrogens is 452 g/mol. The van der Waals surface area contributed by atoms with Crippen molar-refractivity contribution >= 4 is 5.97 Å². The molecule has 2 aliphatic carbocycles. The van der Waals surface area contributed by atoms with Gasteiger partial charge in [0.2, 0.25) is 0 Å². The Morgan fingerprint density at radius 1 is 0.900 bits per heavy atom. The molecule has 2 bridgehead atoms. The molecule has 0 spiro atoms. The van der Waals surface area contributed by atoms with Gasteiger partial charge in [0.15, 0.2) is 0 Å². The standard InChI is InChI=1S/C16H14F12O2/c1-6(13(19,20)21)10(29)30-11(2)5-7-3-8(11)4-9(7)12(17,18)14(22,23)15(24,25)16(26,27)28/h7-9H,1,3-5H2,2H3. The number of halogens is 12. The van der Waals surface area contributed by atoms with Crippen molar-refractivity contribution in [2.75, 3.05) is 0 Å². The topological polar surface area (TPSA) is 26.3 Å². The van der Waals surface area contributed by atoms with Crippen LogP contribution in [0.1, 0.15) is 26.2 Å². The Kier molecular flexibility index (Phi) is 5.49. The van der Waals surface area contributed by atoms with E-state index in [2.05, 4.69) is 11.3 Å². The molecule has 0 saturated heterocycles. The van der Waals surface area contributed by atoms with Crippen molar-refractivity contribution in [3.63, 3.8) is 0 Å². The number of rotatable bonds is 5. The first-order valence-corrected chi connectivity index (χ1v) is 8.29. The molecule has 174 valence electrons. The molecule has 2 aliphatic rings. The van der Waals surface area contributed by atoms with Crippen LogP contribution in [-0.2, 0) is 9.53 Å². The largest absolute Gasteiger partial charge is 0.460 e. The van der Waals surface area contributed by atoms with Gasteiger partial charge < -0.3 is 4.74 Å². The zero-order chi connectivity index (χ0) is 23.7. The fraction of sp³-hybridized carbons (Fsp3) is 0.812. The average Bonchev–Trinajstić information content (AvgIpc) is 3.08. The maximum atomic E-state index is 14.2. The van der Waals surface area contributed by atoms with Gasteiger partial charge in [-0.15, -0.1) is 0 Å². The van der Waals surface area contributed by atoms with E-state index in [1.807, 2.05) is 0 Å². The lowest BCUT2D eigenvalue weighted by Gasteiger charge is -2.42. The molecule has 2 nitrogen and oxygen atoms in total. The third kappa shape index (κ3) is 3.53. The molecule has 30 heavy (non-hydrogen) atoms. The molecule has 0 aliphatic heterocycles. The molecule has 2 rings (SSSR count). The predicted octanol–water partition coefficient (Wildman–Crippen LogP) is 5.92. The number of alkyl halides is 12. The SMILES string of the molecule is C=C(C(=O)OC1(C)CC2CC1CC2C(F)(F)C(F)(F)C(F)(F)C(F)(F)F)C(F)(F)F.